The number of nitrogens with zero attached hydrogens (tertiary/aromatic N) is 3. The van der Waals surface area contributed by atoms with Crippen LogP contribution in [0.4, 0.5) is 5.82 Å². The minimum atomic E-state index is 0.351. The van der Waals surface area contributed by atoms with E-state index >= 15 is 0 Å². The van der Waals surface area contributed by atoms with Gasteiger partial charge in [-0.2, -0.15) is 11.8 Å². The molecule has 2 saturated heterocycles. The van der Waals surface area contributed by atoms with Gasteiger partial charge < -0.3 is 14.2 Å². The first-order chi connectivity index (χ1) is 11.8. The van der Waals surface area contributed by atoms with Gasteiger partial charge in [-0.3, -0.25) is 4.79 Å². The highest BCUT2D eigenvalue weighted by atomic mass is 32.2. The highest BCUT2D eigenvalue weighted by Gasteiger charge is 2.26. The van der Waals surface area contributed by atoms with Gasteiger partial charge in [0.05, 0.1) is 11.6 Å². The Kier molecular flexibility index (Phi) is 4.65. The number of furan rings is 1. The van der Waals surface area contributed by atoms with Crippen LogP contribution in [0.25, 0.3) is 11.0 Å². The normalized spacial score (nSPS) is 19.8. The van der Waals surface area contributed by atoms with Crippen molar-refractivity contribution in [1.82, 2.24) is 9.88 Å². The van der Waals surface area contributed by atoms with Crippen LogP contribution in [-0.4, -0.2) is 53.5 Å². The van der Waals surface area contributed by atoms with Gasteiger partial charge in [-0.15, -0.1) is 0 Å². The van der Waals surface area contributed by atoms with E-state index in [1.807, 2.05) is 30.1 Å². The number of fused-ring (bicyclic) bond motifs is 1. The molecule has 0 unspecified atom stereocenters. The standard InChI is InChI=1S/C18H23N3O2S/c22-17(20-8-11-24-12-9-20)13-14-2-6-21(7-3-14)18-15-4-10-23-16(15)1-5-19-18/h1,4-5,10,14H,2-3,6-9,11-13H2. The number of carbonyl (C=O) groups is 1. The molecule has 128 valence electrons. The molecule has 4 heterocycles. The maximum Gasteiger partial charge on any atom is 0.222 e. The summed E-state index contributed by atoms with van der Waals surface area (Å²) in [6.07, 6.45) is 6.36. The summed E-state index contributed by atoms with van der Waals surface area (Å²) in [6.45, 7) is 3.78. The molecule has 1 amide bonds. The zero-order valence-electron chi connectivity index (χ0n) is 13.8. The number of hydrogen-bond acceptors (Lipinski definition) is 5. The van der Waals surface area contributed by atoms with Gasteiger partial charge in [-0.1, -0.05) is 0 Å². The lowest BCUT2D eigenvalue weighted by molar-refractivity contribution is -0.132. The van der Waals surface area contributed by atoms with Gasteiger partial charge in [0, 0.05) is 50.3 Å². The van der Waals surface area contributed by atoms with E-state index in [2.05, 4.69) is 14.8 Å². The summed E-state index contributed by atoms with van der Waals surface area (Å²) < 4.78 is 5.47. The summed E-state index contributed by atoms with van der Waals surface area (Å²) in [6, 6.07) is 3.89. The molecule has 0 spiro atoms. The Morgan fingerprint density at radius 1 is 1.21 bits per heavy atom. The van der Waals surface area contributed by atoms with Crippen molar-refractivity contribution in [2.75, 3.05) is 42.6 Å². The fraction of sp³-hybridized carbons (Fsp3) is 0.556. The molecule has 0 saturated carbocycles. The highest BCUT2D eigenvalue weighted by Crippen LogP contribution is 2.30. The van der Waals surface area contributed by atoms with Gasteiger partial charge in [0.2, 0.25) is 5.91 Å². The van der Waals surface area contributed by atoms with Gasteiger partial charge in [-0.05, 0) is 30.9 Å². The van der Waals surface area contributed by atoms with Gasteiger partial charge in [0.15, 0.2) is 0 Å². The van der Waals surface area contributed by atoms with Crippen LogP contribution in [0.2, 0.25) is 0 Å². The second-order valence-electron chi connectivity index (χ2n) is 6.59. The Bertz CT molecular complexity index is 703. The van der Waals surface area contributed by atoms with E-state index in [1.165, 1.54) is 0 Å². The molecular weight excluding hydrogens is 322 g/mol. The Labute approximate surface area is 146 Å². The molecule has 2 aromatic rings. The number of thioether (sulfide) groups is 1. The van der Waals surface area contributed by atoms with Gasteiger partial charge >= 0.3 is 0 Å². The van der Waals surface area contributed by atoms with Crippen molar-refractivity contribution in [2.45, 2.75) is 19.3 Å². The quantitative estimate of drug-likeness (QED) is 0.856. The van der Waals surface area contributed by atoms with Crippen molar-refractivity contribution in [1.29, 1.82) is 0 Å². The van der Waals surface area contributed by atoms with E-state index in [0.29, 0.717) is 18.2 Å². The molecule has 0 radical (unpaired) electrons. The Hall–Kier alpha value is -1.69. The lowest BCUT2D eigenvalue weighted by Crippen LogP contribution is -2.40. The lowest BCUT2D eigenvalue weighted by Gasteiger charge is -2.34. The fourth-order valence-electron chi connectivity index (χ4n) is 3.67. The molecule has 0 aliphatic carbocycles. The molecule has 4 rings (SSSR count). The number of hydrogen-bond donors (Lipinski definition) is 0. The van der Waals surface area contributed by atoms with Crippen LogP contribution < -0.4 is 4.90 Å². The third-order valence-electron chi connectivity index (χ3n) is 5.10. The summed E-state index contributed by atoms with van der Waals surface area (Å²) in [5.41, 5.74) is 0.889. The third kappa shape index (κ3) is 3.24. The zero-order chi connectivity index (χ0) is 16.4. The van der Waals surface area contributed by atoms with Crippen molar-refractivity contribution in [3.05, 3.63) is 24.6 Å². The average molecular weight is 345 g/mol. The van der Waals surface area contributed by atoms with E-state index in [0.717, 1.165) is 67.3 Å². The van der Waals surface area contributed by atoms with E-state index in [9.17, 15) is 4.79 Å². The van der Waals surface area contributed by atoms with Crippen molar-refractivity contribution in [3.63, 3.8) is 0 Å². The molecule has 0 bridgehead atoms. The Balaban J connectivity index is 1.35. The first-order valence-electron chi connectivity index (χ1n) is 8.74. The predicted molar refractivity (Wildman–Crippen MR) is 97.5 cm³/mol. The number of piperidine rings is 1. The number of rotatable bonds is 3. The van der Waals surface area contributed by atoms with Crippen LogP contribution in [0.5, 0.6) is 0 Å². The summed E-state index contributed by atoms with van der Waals surface area (Å²) >= 11 is 1.95. The fourth-order valence-corrected chi connectivity index (χ4v) is 4.57. The summed E-state index contributed by atoms with van der Waals surface area (Å²) in [5, 5.41) is 1.08. The second kappa shape index (κ2) is 7.05. The van der Waals surface area contributed by atoms with Gasteiger partial charge in [0.1, 0.15) is 11.4 Å². The highest BCUT2D eigenvalue weighted by molar-refractivity contribution is 7.99. The molecule has 2 aliphatic rings. The largest absolute Gasteiger partial charge is 0.464 e. The molecule has 2 aromatic heterocycles. The summed E-state index contributed by atoms with van der Waals surface area (Å²) in [4.78, 5) is 21.4. The molecule has 0 aromatic carbocycles. The first-order valence-corrected chi connectivity index (χ1v) is 9.89. The Morgan fingerprint density at radius 2 is 2.00 bits per heavy atom. The van der Waals surface area contributed by atoms with Crippen LogP contribution in [0.15, 0.2) is 29.0 Å². The molecule has 6 heteroatoms. The van der Waals surface area contributed by atoms with Crippen LogP contribution in [-0.2, 0) is 4.79 Å². The molecule has 5 nitrogen and oxygen atoms in total. The van der Waals surface area contributed by atoms with E-state index in [1.54, 1.807) is 6.26 Å². The maximum absolute atomic E-state index is 12.4. The molecule has 24 heavy (non-hydrogen) atoms. The smallest absolute Gasteiger partial charge is 0.222 e. The lowest BCUT2D eigenvalue weighted by atomic mass is 9.93. The molecule has 2 aliphatic heterocycles. The number of amides is 1. The minimum absolute atomic E-state index is 0.351. The monoisotopic (exact) mass is 345 g/mol. The zero-order valence-corrected chi connectivity index (χ0v) is 14.6. The third-order valence-corrected chi connectivity index (χ3v) is 6.04. The number of carbonyl (C=O) groups excluding carboxylic acids is 1. The van der Waals surface area contributed by atoms with Crippen LogP contribution >= 0.6 is 11.8 Å². The molecule has 0 atom stereocenters. The number of anilines is 1. The summed E-state index contributed by atoms with van der Waals surface area (Å²) in [7, 11) is 0. The predicted octanol–water partition coefficient (Wildman–Crippen LogP) is 3.01. The van der Waals surface area contributed by atoms with Crippen molar-refractivity contribution < 1.29 is 9.21 Å². The van der Waals surface area contributed by atoms with E-state index in [-0.39, 0.29) is 0 Å². The van der Waals surface area contributed by atoms with Gasteiger partial charge in [0.25, 0.3) is 0 Å². The van der Waals surface area contributed by atoms with Crippen molar-refractivity contribution in [3.8, 4) is 0 Å². The minimum Gasteiger partial charge on any atom is -0.464 e. The van der Waals surface area contributed by atoms with Crippen LogP contribution in [0.3, 0.4) is 0 Å². The molecule has 2 fully saturated rings. The van der Waals surface area contributed by atoms with E-state index < -0.39 is 0 Å². The van der Waals surface area contributed by atoms with E-state index in [4.69, 9.17) is 4.42 Å². The average Bonchev–Trinajstić information content (AvgIpc) is 3.12. The summed E-state index contributed by atoms with van der Waals surface area (Å²) in [5.74, 6) is 4.05. The SMILES string of the molecule is O=C(CC1CCN(c2nccc3occc23)CC1)N1CCSCC1. The maximum atomic E-state index is 12.4. The molecule has 0 N–H and O–H groups in total. The van der Waals surface area contributed by atoms with Crippen LogP contribution in [0.1, 0.15) is 19.3 Å². The number of aromatic nitrogens is 1. The second-order valence-corrected chi connectivity index (χ2v) is 7.82. The van der Waals surface area contributed by atoms with Crippen molar-refractivity contribution >= 4 is 34.5 Å². The molecular formula is C18H23N3O2S. The number of pyridine rings is 1. The van der Waals surface area contributed by atoms with Crippen molar-refractivity contribution in [2.24, 2.45) is 5.92 Å². The van der Waals surface area contributed by atoms with Gasteiger partial charge in [-0.25, -0.2) is 4.98 Å². The van der Waals surface area contributed by atoms with Crippen LogP contribution in [0, 0.1) is 5.92 Å². The topological polar surface area (TPSA) is 49.6 Å². The first kappa shape index (κ1) is 15.8. The Morgan fingerprint density at radius 3 is 2.79 bits per heavy atom.